The van der Waals surface area contributed by atoms with Crippen LogP contribution >= 0.6 is 11.6 Å². The van der Waals surface area contributed by atoms with E-state index in [2.05, 4.69) is 5.32 Å². The van der Waals surface area contributed by atoms with Gasteiger partial charge in [-0.2, -0.15) is 0 Å². The van der Waals surface area contributed by atoms with Gasteiger partial charge in [0.2, 0.25) is 11.8 Å². The van der Waals surface area contributed by atoms with E-state index in [1.54, 1.807) is 55.5 Å². The molecule has 12 heteroatoms. The van der Waals surface area contributed by atoms with Crippen molar-refractivity contribution >= 4 is 46.7 Å². The SMILES string of the molecule is COc1cccc([C@H]2C[C@H](CC(=O)Nc3cc(CCC(=O)O)ccc3OC(C)C)C(=O)N(CC(C)(C)COC(C)=O)c3ccc(Cl)cc32)c1OC. The number of benzene rings is 3. The average Bonchev–Trinajstić information content (AvgIpc) is 3.17. The van der Waals surface area contributed by atoms with Gasteiger partial charge in [-0.3, -0.25) is 19.2 Å². The second-order valence-electron chi connectivity index (χ2n) is 13.8. The van der Waals surface area contributed by atoms with Gasteiger partial charge in [0.05, 0.1) is 32.6 Å². The number of ether oxygens (including phenoxy) is 4. The molecular weight excluding hydrogens is 676 g/mol. The number of nitrogens with zero attached hydrogens (tertiary/aromatic N) is 1. The van der Waals surface area contributed by atoms with Crippen molar-refractivity contribution in [1.82, 2.24) is 0 Å². The molecule has 0 radical (unpaired) electrons. The number of amides is 2. The van der Waals surface area contributed by atoms with E-state index in [0.29, 0.717) is 39.2 Å². The van der Waals surface area contributed by atoms with Crippen molar-refractivity contribution in [2.75, 3.05) is 37.6 Å². The highest BCUT2D eigenvalue weighted by Gasteiger charge is 2.40. The summed E-state index contributed by atoms with van der Waals surface area (Å²) < 4.78 is 22.8. The van der Waals surface area contributed by atoms with Crippen molar-refractivity contribution in [3.05, 3.63) is 76.3 Å². The van der Waals surface area contributed by atoms with E-state index in [0.717, 1.165) is 11.1 Å². The van der Waals surface area contributed by atoms with Gasteiger partial charge in [0.1, 0.15) is 5.75 Å². The van der Waals surface area contributed by atoms with E-state index in [1.807, 2.05) is 45.9 Å². The number of nitrogens with one attached hydrogen (secondary N) is 1. The first-order valence-electron chi connectivity index (χ1n) is 16.9. The van der Waals surface area contributed by atoms with Gasteiger partial charge in [-0.25, -0.2) is 0 Å². The number of esters is 1. The van der Waals surface area contributed by atoms with Crippen LogP contribution in [0.1, 0.15) is 76.5 Å². The molecule has 1 heterocycles. The summed E-state index contributed by atoms with van der Waals surface area (Å²) >= 11 is 6.61. The molecule has 51 heavy (non-hydrogen) atoms. The summed E-state index contributed by atoms with van der Waals surface area (Å²) in [7, 11) is 3.11. The first-order valence-corrected chi connectivity index (χ1v) is 17.3. The molecule has 1 aliphatic rings. The number of hydrogen-bond donors (Lipinski definition) is 2. The van der Waals surface area contributed by atoms with E-state index in [9.17, 15) is 24.3 Å². The average molecular weight is 723 g/mol. The molecule has 0 bridgehead atoms. The van der Waals surface area contributed by atoms with Gasteiger partial charge in [0.15, 0.2) is 11.5 Å². The predicted molar refractivity (Wildman–Crippen MR) is 195 cm³/mol. The lowest BCUT2D eigenvalue weighted by Crippen LogP contribution is -2.44. The normalized spacial score (nSPS) is 15.9. The monoisotopic (exact) mass is 722 g/mol. The molecule has 0 aliphatic carbocycles. The van der Waals surface area contributed by atoms with Crippen LogP contribution in [0.3, 0.4) is 0 Å². The number of carboxylic acids is 1. The number of halogens is 1. The lowest BCUT2D eigenvalue weighted by Gasteiger charge is -2.34. The van der Waals surface area contributed by atoms with Crippen molar-refractivity contribution in [3.8, 4) is 17.2 Å². The molecule has 2 amide bonds. The fourth-order valence-electron chi connectivity index (χ4n) is 6.35. The Hall–Kier alpha value is -4.77. The van der Waals surface area contributed by atoms with Gasteiger partial charge in [-0.05, 0) is 74.2 Å². The first kappa shape index (κ1) is 39.0. The van der Waals surface area contributed by atoms with Crippen LogP contribution in [0.5, 0.6) is 17.2 Å². The van der Waals surface area contributed by atoms with Gasteiger partial charge >= 0.3 is 11.9 Å². The van der Waals surface area contributed by atoms with Crippen LogP contribution < -0.4 is 24.4 Å². The van der Waals surface area contributed by atoms with Crippen LogP contribution in [0, 0.1) is 11.3 Å². The van der Waals surface area contributed by atoms with Gasteiger partial charge in [0.25, 0.3) is 0 Å². The number of carboxylic acid groups (broad SMARTS) is 1. The summed E-state index contributed by atoms with van der Waals surface area (Å²) in [5.41, 5.74) is 2.60. The van der Waals surface area contributed by atoms with Crippen molar-refractivity contribution in [3.63, 3.8) is 0 Å². The fourth-order valence-corrected chi connectivity index (χ4v) is 6.53. The fraction of sp³-hybridized carbons (Fsp3) is 0.436. The zero-order valence-corrected chi connectivity index (χ0v) is 31.0. The first-order chi connectivity index (χ1) is 24.1. The number of aryl methyl sites for hydroxylation is 1. The molecule has 1 aliphatic heterocycles. The summed E-state index contributed by atoms with van der Waals surface area (Å²) in [6.07, 6.45) is 0.0618. The van der Waals surface area contributed by atoms with Crippen LogP contribution in [0.25, 0.3) is 0 Å². The van der Waals surface area contributed by atoms with E-state index in [4.69, 9.17) is 30.5 Å². The molecule has 274 valence electrons. The van der Waals surface area contributed by atoms with Gasteiger partial charge in [-0.15, -0.1) is 0 Å². The van der Waals surface area contributed by atoms with Crippen molar-refractivity contribution in [2.45, 2.75) is 72.3 Å². The summed E-state index contributed by atoms with van der Waals surface area (Å²) in [6, 6.07) is 16.1. The highest BCUT2D eigenvalue weighted by atomic mass is 35.5. The van der Waals surface area contributed by atoms with Crippen LogP contribution in [0.4, 0.5) is 11.4 Å². The maximum absolute atomic E-state index is 14.7. The lowest BCUT2D eigenvalue weighted by atomic mass is 9.82. The van der Waals surface area contributed by atoms with Crippen molar-refractivity contribution < 1.29 is 43.2 Å². The van der Waals surface area contributed by atoms with E-state index < -0.39 is 35.1 Å². The summed E-state index contributed by atoms with van der Waals surface area (Å²) in [4.78, 5) is 53.3. The highest BCUT2D eigenvalue weighted by molar-refractivity contribution is 6.30. The topological polar surface area (TPSA) is 141 Å². The summed E-state index contributed by atoms with van der Waals surface area (Å²) in [6.45, 7) is 9.13. The second-order valence-corrected chi connectivity index (χ2v) is 14.2. The Balaban J connectivity index is 1.79. The van der Waals surface area contributed by atoms with E-state index in [-0.39, 0.29) is 50.8 Å². The second kappa shape index (κ2) is 17.0. The maximum atomic E-state index is 14.7. The largest absolute Gasteiger partial charge is 0.493 e. The number of anilines is 2. The minimum absolute atomic E-state index is 0.0717. The molecule has 3 aromatic carbocycles. The molecule has 11 nitrogen and oxygen atoms in total. The standard InChI is InChI=1S/C39H47ClN2O9/c1-23(2)51-33-15-11-25(12-16-36(45)46)17-31(33)41-35(44)19-26-18-29(28-9-8-10-34(48-6)37(28)49-7)30-20-27(40)13-14-32(30)42(38(26)47)21-39(4,5)22-50-24(3)43/h8-11,13-15,17,20,23,26,29H,12,16,18-19,21-22H2,1-7H3,(H,41,44)(H,45,46)/t26-,29-/m1/s1. The molecule has 4 rings (SSSR count). The van der Waals surface area contributed by atoms with E-state index >= 15 is 0 Å². The van der Waals surface area contributed by atoms with Crippen LogP contribution in [-0.4, -0.2) is 62.3 Å². The Morgan fingerprint density at radius 1 is 1.02 bits per heavy atom. The van der Waals surface area contributed by atoms with E-state index in [1.165, 1.54) is 6.92 Å². The molecule has 0 unspecified atom stereocenters. The number of fused-ring (bicyclic) bond motifs is 1. The minimum Gasteiger partial charge on any atom is -0.493 e. The Morgan fingerprint density at radius 2 is 1.76 bits per heavy atom. The van der Waals surface area contributed by atoms with Gasteiger partial charge in [-0.1, -0.05) is 43.6 Å². The lowest BCUT2D eigenvalue weighted by molar-refractivity contribution is -0.144. The maximum Gasteiger partial charge on any atom is 0.303 e. The smallest absolute Gasteiger partial charge is 0.303 e. The minimum atomic E-state index is -0.930. The van der Waals surface area contributed by atoms with Crippen LogP contribution in [0.2, 0.25) is 5.02 Å². The third-order valence-corrected chi connectivity index (χ3v) is 8.83. The summed E-state index contributed by atoms with van der Waals surface area (Å²) in [5.74, 6) is -1.85. The molecule has 0 aromatic heterocycles. The predicted octanol–water partition coefficient (Wildman–Crippen LogP) is 7.26. The number of para-hydroxylation sites is 1. The number of carbonyl (C=O) groups is 4. The number of aliphatic carboxylic acids is 1. The molecule has 2 atom stereocenters. The zero-order valence-electron chi connectivity index (χ0n) is 30.2. The molecular formula is C39H47ClN2O9. The molecule has 2 N–H and O–H groups in total. The molecule has 0 saturated heterocycles. The van der Waals surface area contributed by atoms with Crippen molar-refractivity contribution in [1.29, 1.82) is 0 Å². The molecule has 0 spiro atoms. The summed E-state index contributed by atoms with van der Waals surface area (Å²) in [5, 5.41) is 12.6. The van der Waals surface area contributed by atoms with Gasteiger partial charge < -0.3 is 34.3 Å². The number of methoxy groups -OCH3 is 2. The van der Waals surface area contributed by atoms with Gasteiger partial charge in [0, 0.05) is 59.8 Å². The zero-order chi connectivity index (χ0) is 37.5. The third-order valence-electron chi connectivity index (χ3n) is 8.59. The Kier molecular flexibility index (Phi) is 13.0. The van der Waals surface area contributed by atoms with Crippen LogP contribution in [-0.2, 0) is 30.3 Å². The number of rotatable bonds is 15. The van der Waals surface area contributed by atoms with Crippen LogP contribution in [0.15, 0.2) is 54.6 Å². The molecule has 0 saturated carbocycles. The number of hydrogen-bond acceptors (Lipinski definition) is 8. The third kappa shape index (κ3) is 10.2. The number of carbonyl (C=O) groups excluding carboxylic acids is 3. The molecule has 3 aromatic rings. The molecule has 0 fully saturated rings. The highest BCUT2D eigenvalue weighted by Crippen LogP contribution is 2.48. The van der Waals surface area contributed by atoms with Crippen molar-refractivity contribution in [2.24, 2.45) is 11.3 Å². The Labute approximate surface area is 304 Å². The Bertz CT molecular complexity index is 1760. The Morgan fingerprint density at radius 3 is 2.41 bits per heavy atom. The quantitative estimate of drug-likeness (QED) is 0.155.